The van der Waals surface area contributed by atoms with Crippen LogP contribution in [0.1, 0.15) is 27.9 Å². The van der Waals surface area contributed by atoms with E-state index in [0.717, 1.165) is 17.9 Å². The number of hydrogen-bond donors (Lipinski definition) is 2. The van der Waals surface area contributed by atoms with Crippen molar-refractivity contribution in [3.63, 3.8) is 0 Å². The molecule has 0 atom stereocenters. The van der Waals surface area contributed by atoms with Crippen LogP contribution in [0.15, 0.2) is 65.9 Å². The van der Waals surface area contributed by atoms with Crippen molar-refractivity contribution in [3.8, 4) is 0 Å². The standard InChI is InChI=1S/C22H24N4S/c1-16-9-6-12-21(18(16)3)24-22(27)25-23-14-20-11-7-13-26(20)15-19-10-5-4-8-17(19)2/h4-14H,15H2,1-3H3,(H2,24,25,27)/b23-14-. The lowest BCUT2D eigenvalue weighted by molar-refractivity contribution is 0.793. The highest BCUT2D eigenvalue weighted by molar-refractivity contribution is 7.80. The first-order valence-electron chi connectivity index (χ1n) is 8.90. The van der Waals surface area contributed by atoms with Crippen molar-refractivity contribution in [1.29, 1.82) is 0 Å². The van der Waals surface area contributed by atoms with Gasteiger partial charge in [0, 0.05) is 18.4 Å². The molecule has 2 N–H and O–H groups in total. The summed E-state index contributed by atoms with van der Waals surface area (Å²) in [6.07, 6.45) is 3.84. The topological polar surface area (TPSA) is 41.4 Å². The minimum Gasteiger partial charge on any atom is -0.342 e. The van der Waals surface area contributed by atoms with E-state index in [2.05, 4.69) is 77.7 Å². The van der Waals surface area contributed by atoms with E-state index in [4.69, 9.17) is 12.2 Å². The number of aromatic nitrogens is 1. The number of hydrazone groups is 1. The molecule has 0 bridgehead atoms. The lowest BCUT2D eigenvalue weighted by Crippen LogP contribution is -2.24. The van der Waals surface area contributed by atoms with Gasteiger partial charge in [-0.2, -0.15) is 5.10 Å². The molecule has 0 aliphatic rings. The zero-order chi connectivity index (χ0) is 19.2. The minimum absolute atomic E-state index is 0.469. The second kappa shape index (κ2) is 8.64. The quantitative estimate of drug-likeness (QED) is 0.382. The summed E-state index contributed by atoms with van der Waals surface area (Å²) in [6, 6.07) is 18.6. The Morgan fingerprint density at radius 3 is 2.59 bits per heavy atom. The number of hydrogen-bond acceptors (Lipinski definition) is 2. The zero-order valence-corrected chi connectivity index (χ0v) is 16.7. The molecule has 0 saturated heterocycles. The van der Waals surface area contributed by atoms with Crippen LogP contribution in [0.3, 0.4) is 0 Å². The van der Waals surface area contributed by atoms with Crippen LogP contribution in [-0.2, 0) is 6.54 Å². The Labute approximate surface area is 165 Å². The molecule has 4 nitrogen and oxygen atoms in total. The molecule has 0 fully saturated rings. The van der Waals surface area contributed by atoms with Crippen molar-refractivity contribution >= 4 is 29.2 Å². The smallest absolute Gasteiger partial charge is 0.191 e. The highest BCUT2D eigenvalue weighted by Crippen LogP contribution is 2.17. The largest absolute Gasteiger partial charge is 0.342 e. The van der Waals surface area contributed by atoms with Crippen molar-refractivity contribution in [2.45, 2.75) is 27.3 Å². The van der Waals surface area contributed by atoms with Crippen LogP contribution in [0.2, 0.25) is 0 Å². The first kappa shape index (κ1) is 18.9. The Morgan fingerprint density at radius 1 is 1.00 bits per heavy atom. The van der Waals surface area contributed by atoms with Gasteiger partial charge in [0.25, 0.3) is 0 Å². The van der Waals surface area contributed by atoms with Crippen molar-refractivity contribution < 1.29 is 0 Å². The third-order valence-electron chi connectivity index (χ3n) is 4.68. The summed E-state index contributed by atoms with van der Waals surface area (Å²) in [5.41, 5.74) is 9.88. The van der Waals surface area contributed by atoms with Crippen LogP contribution in [-0.4, -0.2) is 15.9 Å². The van der Waals surface area contributed by atoms with Crippen LogP contribution in [0.25, 0.3) is 0 Å². The fraction of sp³-hybridized carbons (Fsp3) is 0.182. The molecule has 0 aliphatic carbocycles. The van der Waals surface area contributed by atoms with Crippen LogP contribution in [0.4, 0.5) is 5.69 Å². The number of rotatable bonds is 5. The number of nitrogens with zero attached hydrogens (tertiary/aromatic N) is 2. The molecule has 3 rings (SSSR count). The normalized spacial score (nSPS) is 10.9. The first-order chi connectivity index (χ1) is 13.0. The number of thiocarbonyl (C=S) groups is 1. The third kappa shape index (κ3) is 4.83. The Hall–Kier alpha value is -2.92. The second-order valence-corrected chi connectivity index (χ2v) is 6.97. The van der Waals surface area contributed by atoms with Gasteiger partial charge < -0.3 is 9.88 Å². The molecule has 0 saturated carbocycles. The molecule has 0 spiro atoms. The first-order valence-corrected chi connectivity index (χ1v) is 9.31. The molecule has 5 heteroatoms. The van der Waals surface area contributed by atoms with Crippen LogP contribution >= 0.6 is 12.2 Å². The minimum atomic E-state index is 0.469. The van der Waals surface area contributed by atoms with Crippen LogP contribution < -0.4 is 10.7 Å². The monoisotopic (exact) mass is 376 g/mol. The lowest BCUT2D eigenvalue weighted by Gasteiger charge is -2.12. The number of benzene rings is 2. The average molecular weight is 377 g/mol. The number of anilines is 1. The van der Waals surface area contributed by atoms with Gasteiger partial charge >= 0.3 is 0 Å². The van der Waals surface area contributed by atoms with Crippen molar-refractivity contribution in [1.82, 2.24) is 9.99 Å². The predicted octanol–water partition coefficient (Wildman–Crippen LogP) is 4.78. The van der Waals surface area contributed by atoms with E-state index in [1.54, 1.807) is 6.21 Å². The summed E-state index contributed by atoms with van der Waals surface area (Å²) in [4.78, 5) is 0. The van der Waals surface area contributed by atoms with E-state index < -0.39 is 0 Å². The number of nitrogens with one attached hydrogen (secondary N) is 2. The predicted molar refractivity (Wildman–Crippen MR) is 118 cm³/mol. The summed E-state index contributed by atoms with van der Waals surface area (Å²) < 4.78 is 2.16. The highest BCUT2D eigenvalue weighted by Gasteiger charge is 2.04. The molecule has 0 unspecified atom stereocenters. The van der Waals surface area contributed by atoms with Gasteiger partial charge in [0.15, 0.2) is 5.11 Å². The second-order valence-electron chi connectivity index (χ2n) is 6.56. The Kier molecular flexibility index (Phi) is 6.04. The molecule has 0 radical (unpaired) electrons. The average Bonchev–Trinajstić information content (AvgIpc) is 3.08. The van der Waals surface area contributed by atoms with E-state index in [-0.39, 0.29) is 0 Å². The molecule has 1 aromatic heterocycles. The van der Waals surface area contributed by atoms with E-state index in [1.165, 1.54) is 22.3 Å². The van der Waals surface area contributed by atoms with Crippen molar-refractivity contribution in [2.24, 2.45) is 5.10 Å². The molecule has 2 aromatic carbocycles. The summed E-state index contributed by atoms with van der Waals surface area (Å²) in [7, 11) is 0. The molecule has 3 aromatic rings. The Bertz CT molecular complexity index is 972. The summed E-state index contributed by atoms with van der Waals surface area (Å²) in [5, 5.41) is 7.95. The van der Waals surface area contributed by atoms with E-state index in [9.17, 15) is 0 Å². The fourth-order valence-electron chi connectivity index (χ4n) is 2.85. The molecule has 0 aliphatic heterocycles. The number of aryl methyl sites for hydroxylation is 2. The molecular weight excluding hydrogens is 352 g/mol. The van der Waals surface area contributed by atoms with Gasteiger partial charge in [-0.15, -0.1) is 0 Å². The maximum atomic E-state index is 5.35. The molecule has 27 heavy (non-hydrogen) atoms. The van der Waals surface area contributed by atoms with Gasteiger partial charge in [0.05, 0.1) is 11.9 Å². The van der Waals surface area contributed by atoms with Crippen LogP contribution in [0.5, 0.6) is 0 Å². The zero-order valence-electron chi connectivity index (χ0n) is 15.9. The Balaban J connectivity index is 1.62. The van der Waals surface area contributed by atoms with E-state index in [0.29, 0.717) is 5.11 Å². The van der Waals surface area contributed by atoms with E-state index in [1.807, 2.05) is 24.3 Å². The molecule has 138 valence electrons. The van der Waals surface area contributed by atoms with Gasteiger partial charge in [0.2, 0.25) is 0 Å². The van der Waals surface area contributed by atoms with Gasteiger partial charge in [-0.1, -0.05) is 36.4 Å². The molecule has 1 heterocycles. The Morgan fingerprint density at radius 2 is 1.78 bits per heavy atom. The third-order valence-corrected chi connectivity index (χ3v) is 4.88. The van der Waals surface area contributed by atoms with Crippen LogP contribution in [0, 0.1) is 20.8 Å². The molecular formula is C22H24N4S. The SMILES string of the molecule is Cc1ccccc1Cn1cccc1/C=N\NC(=S)Nc1cccc(C)c1C. The molecule has 0 amide bonds. The summed E-state index contributed by atoms with van der Waals surface area (Å²) in [5.74, 6) is 0. The van der Waals surface area contributed by atoms with Gasteiger partial charge in [-0.25, -0.2) is 0 Å². The van der Waals surface area contributed by atoms with Crippen molar-refractivity contribution in [3.05, 3.63) is 88.7 Å². The maximum absolute atomic E-state index is 5.35. The van der Waals surface area contributed by atoms with Gasteiger partial charge in [-0.05, 0) is 73.4 Å². The summed E-state index contributed by atoms with van der Waals surface area (Å²) in [6.45, 7) is 7.09. The maximum Gasteiger partial charge on any atom is 0.191 e. The lowest BCUT2D eigenvalue weighted by atomic mass is 10.1. The van der Waals surface area contributed by atoms with Gasteiger partial charge in [0.1, 0.15) is 0 Å². The summed E-state index contributed by atoms with van der Waals surface area (Å²) >= 11 is 5.35. The highest BCUT2D eigenvalue weighted by atomic mass is 32.1. The van der Waals surface area contributed by atoms with Crippen molar-refractivity contribution in [2.75, 3.05) is 5.32 Å². The van der Waals surface area contributed by atoms with Gasteiger partial charge in [-0.3, -0.25) is 5.43 Å². The fourth-order valence-corrected chi connectivity index (χ4v) is 3.02. The van der Waals surface area contributed by atoms with E-state index >= 15 is 0 Å².